The van der Waals surface area contributed by atoms with Gasteiger partial charge in [0.05, 0.1) is 4.90 Å². The van der Waals surface area contributed by atoms with Gasteiger partial charge in [-0.15, -0.1) is 0 Å². The Morgan fingerprint density at radius 3 is 2.33 bits per heavy atom. The fraction of sp³-hybridized carbons (Fsp3) is 0.571. The zero-order valence-corrected chi connectivity index (χ0v) is 35.1. The first-order valence-corrected chi connectivity index (χ1v) is 20.8. The van der Waals surface area contributed by atoms with E-state index in [-0.39, 0.29) is 25.5 Å². The number of nitrogens with one attached hydrogen (secondary N) is 2. The van der Waals surface area contributed by atoms with Crippen LogP contribution in [0.5, 0.6) is 5.75 Å². The summed E-state index contributed by atoms with van der Waals surface area (Å²) in [4.78, 5) is 43.7. The molecule has 13 heteroatoms. The summed E-state index contributed by atoms with van der Waals surface area (Å²) in [5.41, 5.74) is 4.61. The van der Waals surface area contributed by atoms with Crippen molar-refractivity contribution in [2.24, 2.45) is 4.99 Å². The predicted octanol–water partition coefficient (Wildman–Crippen LogP) is 7.51. The van der Waals surface area contributed by atoms with Crippen LogP contribution in [-0.4, -0.2) is 66.7 Å². The second-order valence-electron chi connectivity index (χ2n) is 16.2. The summed E-state index contributed by atoms with van der Waals surface area (Å²) < 4.78 is 47.6. The summed E-state index contributed by atoms with van der Waals surface area (Å²) >= 11 is 0. The summed E-state index contributed by atoms with van der Waals surface area (Å²) in [5.74, 6) is 0.308. The number of fused-ring (bicyclic) bond motifs is 1. The van der Waals surface area contributed by atoms with E-state index in [2.05, 4.69) is 10.6 Å². The molecule has 0 spiro atoms. The van der Waals surface area contributed by atoms with E-state index in [4.69, 9.17) is 19.2 Å². The van der Waals surface area contributed by atoms with Gasteiger partial charge in [-0.25, -0.2) is 27.3 Å². The number of esters is 1. The Balaban J connectivity index is 1.38. The Bertz CT molecular complexity index is 1910. The molecule has 4 rings (SSSR count). The number of amides is 2. The van der Waals surface area contributed by atoms with Crippen LogP contribution in [0.15, 0.2) is 51.6 Å². The van der Waals surface area contributed by atoms with Crippen molar-refractivity contribution < 1.29 is 37.0 Å². The van der Waals surface area contributed by atoms with E-state index in [9.17, 15) is 22.8 Å². The molecular weight excluding hydrogens is 721 g/mol. The quantitative estimate of drug-likeness (QED) is 0.107. The third-order valence-corrected chi connectivity index (χ3v) is 11.9. The zero-order valence-electron chi connectivity index (χ0n) is 34.3. The number of benzene rings is 2. The highest BCUT2D eigenvalue weighted by Crippen LogP contribution is 2.45. The average Bonchev–Trinajstić information content (AvgIpc) is 3.45. The summed E-state index contributed by atoms with van der Waals surface area (Å²) in [5, 5.41) is 5.27. The number of allylic oxidation sites excluding steroid dienone is 1. The van der Waals surface area contributed by atoms with Gasteiger partial charge in [-0.3, -0.25) is 4.79 Å². The minimum Gasteiger partial charge on any atom is -0.487 e. The lowest BCUT2D eigenvalue weighted by atomic mass is 9.94. The number of carbonyl (C=O) groups is 3. The van der Waals surface area contributed by atoms with Crippen LogP contribution in [0.3, 0.4) is 0 Å². The van der Waals surface area contributed by atoms with Crippen molar-refractivity contribution in [1.29, 1.82) is 0 Å². The Hall–Kier alpha value is -4.39. The number of sulfonamides is 1. The lowest BCUT2D eigenvalue weighted by Gasteiger charge is -2.32. The van der Waals surface area contributed by atoms with Gasteiger partial charge in [0.15, 0.2) is 0 Å². The van der Waals surface area contributed by atoms with Crippen LogP contribution in [0.1, 0.15) is 121 Å². The molecule has 0 aliphatic carbocycles. The van der Waals surface area contributed by atoms with Crippen molar-refractivity contribution in [1.82, 2.24) is 14.9 Å². The van der Waals surface area contributed by atoms with E-state index in [0.717, 1.165) is 45.7 Å². The van der Waals surface area contributed by atoms with Gasteiger partial charge in [0.1, 0.15) is 35.4 Å². The van der Waals surface area contributed by atoms with Crippen LogP contribution < -0.4 is 15.4 Å². The molecule has 55 heavy (non-hydrogen) atoms. The third kappa shape index (κ3) is 11.3. The van der Waals surface area contributed by atoms with Gasteiger partial charge in [0, 0.05) is 37.2 Å². The van der Waals surface area contributed by atoms with E-state index in [0.29, 0.717) is 61.3 Å². The molecular formula is C42H60N4O8S. The molecule has 2 aliphatic rings. The van der Waals surface area contributed by atoms with Crippen molar-refractivity contribution in [3.63, 3.8) is 0 Å². The molecule has 0 saturated carbocycles. The number of alkyl carbamates (subject to hydrolysis) is 1. The van der Waals surface area contributed by atoms with Gasteiger partial charge < -0.3 is 24.8 Å². The highest BCUT2D eigenvalue weighted by Gasteiger charge is 2.39. The number of aliphatic imine (C=N–C) groups is 1. The van der Waals surface area contributed by atoms with Crippen LogP contribution in [0, 0.1) is 20.8 Å². The molecule has 2 aromatic carbocycles. The predicted molar refractivity (Wildman–Crippen MR) is 213 cm³/mol. The molecule has 2 heterocycles. The van der Waals surface area contributed by atoms with Crippen LogP contribution in [-0.2, 0) is 42.1 Å². The van der Waals surface area contributed by atoms with E-state index in [1.54, 1.807) is 20.8 Å². The van der Waals surface area contributed by atoms with Gasteiger partial charge in [0.25, 0.3) is 10.0 Å². The first kappa shape index (κ1) is 43.3. The second kappa shape index (κ2) is 18.0. The van der Waals surface area contributed by atoms with Crippen LogP contribution in [0.25, 0.3) is 0 Å². The van der Waals surface area contributed by atoms with E-state index < -0.39 is 39.3 Å². The smallest absolute Gasteiger partial charge is 0.408 e. The number of hydrogen-bond acceptors (Lipinski definition) is 9. The monoisotopic (exact) mass is 780 g/mol. The maximum Gasteiger partial charge on any atom is 0.408 e. The molecule has 2 N–H and O–H groups in total. The molecule has 0 radical (unpaired) electrons. The fourth-order valence-corrected chi connectivity index (χ4v) is 8.96. The summed E-state index contributed by atoms with van der Waals surface area (Å²) in [6.45, 7) is 19.0. The molecule has 0 bridgehead atoms. The molecule has 0 aromatic heterocycles. The van der Waals surface area contributed by atoms with Crippen molar-refractivity contribution in [2.75, 3.05) is 13.1 Å². The topological polar surface area (TPSA) is 153 Å². The van der Waals surface area contributed by atoms with Crippen LogP contribution >= 0.6 is 0 Å². The van der Waals surface area contributed by atoms with Crippen LogP contribution in [0.2, 0.25) is 0 Å². The summed E-state index contributed by atoms with van der Waals surface area (Å²) in [6, 6.07) is 8.00. The van der Waals surface area contributed by atoms with Gasteiger partial charge in [-0.05, 0) is 129 Å². The van der Waals surface area contributed by atoms with Crippen molar-refractivity contribution in [3.8, 4) is 5.75 Å². The molecule has 1 unspecified atom stereocenters. The maximum absolute atomic E-state index is 14.6. The zero-order chi connectivity index (χ0) is 40.7. The van der Waals surface area contributed by atoms with E-state index >= 15 is 0 Å². The van der Waals surface area contributed by atoms with Crippen molar-refractivity contribution in [3.05, 3.63) is 69.5 Å². The van der Waals surface area contributed by atoms with Crippen molar-refractivity contribution in [2.45, 2.75) is 149 Å². The Kier molecular flexibility index (Phi) is 14.2. The Labute approximate surface area is 327 Å². The van der Waals surface area contributed by atoms with Gasteiger partial charge in [-0.2, -0.15) is 0 Å². The average molecular weight is 781 g/mol. The standard InChI is InChI=1S/C42H60N4O8S/c1-11-32(21-15-16-22-35(47)43-25-34(39(48)54-41(6,7)8)45-40(49)52-26-31-19-13-12-14-20-31)44-38-27(2)18-17-23-46(38)55(50,51)37-29(4)28(3)36-33(30(37)5)24-42(9,10)53-36/h12-14,19-20,34H,11,15-18,21-26H2,1-10H3,(H,43,47)(H,45,49)/b44-32+. The number of rotatable bonds is 15. The Morgan fingerprint density at radius 2 is 1.67 bits per heavy atom. The summed E-state index contributed by atoms with van der Waals surface area (Å²) in [7, 11) is -3.94. The molecule has 302 valence electrons. The lowest BCUT2D eigenvalue weighted by Crippen LogP contribution is -2.50. The molecule has 2 amide bonds. The minimum atomic E-state index is -3.94. The normalized spacial score (nSPS) is 16.3. The molecule has 0 fully saturated rings. The van der Waals surface area contributed by atoms with Gasteiger partial charge in [0.2, 0.25) is 5.91 Å². The van der Waals surface area contributed by atoms with Gasteiger partial charge >= 0.3 is 12.1 Å². The highest BCUT2D eigenvalue weighted by atomic mass is 32.2. The number of unbranched alkanes of at least 4 members (excludes halogenated alkanes) is 1. The van der Waals surface area contributed by atoms with E-state index in [1.165, 1.54) is 4.31 Å². The molecule has 2 aliphatic heterocycles. The second-order valence-corrected chi connectivity index (χ2v) is 18.0. The lowest BCUT2D eigenvalue weighted by molar-refractivity contribution is -0.157. The molecule has 0 saturated heterocycles. The highest BCUT2D eigenvalue weighted by molar-refractivity contribution is 7.89. The first-order chi connectivity index (χ1) is 25.7. The van der Waals surface area contributed by atoms with Crippen molar-refractivity contribution >= 4 is 33.7 Å². The third-order valence-electron chi connectivity index (χ3n) is 9.86. The summed E-state index contributed by atoms with van der Waals surface area (Å²) in [6.07, 6.45) is 3.90. The largest absolute Gasteiger partial charge is 0.487 e. The number of carbonyl (C=O) groups excluding carboxylic acids is 3. The van der Waals surface area contributed by atoms with E-state index in [1.807, 2.05) is 78.8 Å². The number of ether oxygens (including phenoxy) is 3. The fourth-order valence-electron chi connectivity index (χ4n) is 6.90. The maximum atomic E-state index is 14.6. The molecule has 12 nitrogen and oxygen atoms in total. The number of hydrogen-bond donors (Lipinski definition) is 2. The Morgan fingerprint density at radius 1 is 1.00 bits per heavy atom. The van der Waals surface area contributed by atoms with Crippen LogP contribution in [0.4, 0.5) is 4.79 Å². The minimum absolute atomic E-state index is 0.0237. The van der Waals surface area contributed by atoms with Gasteiger partial charge in [-0.1, -0.05) is 37.3 Å². The first-order valence-electron chi connectivity index (χ1n) is 19.3. The molecule has 1 atom stereocenters. The SMILES string of the molecule is CC/C(CCCCC(=O)NCC(NC(=O)OCc1ccccc1)C(=O)OC(C)(C)C)=N\C1=C(C)CCCN1S(=O)(=O)c1c(C)c(C)c2c(c1C)CC(C)(C)O2. The number of nitrogens with zero attached hydrogens (tertiary/aromatic N) is 2. The molecule has 2 aromatic rings.